The Hall–Kier alpha value is -2.96. The van der Waals surface area contributed by atoms with Crippen molar-refractivity contribution in [2.24, 2.45) is 0 Å². The van der Waals surface area contributed by atoms with Crippen LogP contribution in [0.4, 0.5) is 13.2 Å². The minimum absolute atomic E-state index is 0.167. The summed E-state index contributed by atoms with van der Waals surface area (Å²) in [5.41, 5.74) is 2.23. The van der Waals surface area contributed by atoms with Gasteiger partial charge in [0.15, 0.2) is 0 Å². The highest BCUT2D eigenvalue weighted by atomic mass is 19.4. The van der Waals surface area contributed by atoms with E-state index in [1.165, 1.54) is 30.5 Å². The summed E-state index contributed by atoms with van der Waals surface area (Å²) >= 11 is 0. The number of halogens is 3. The van der Waals surface area contributed by atoms with Gasteiger partial charge >= 0.3 is 12.3 Å². The number of hydrogen-bond donors (Lipinski definition) is 2. The number of rotatable bonds is 3. The third kappa shape index (κ3) is 3.13. The fraction of sp³-hybridized carbons (Fsp3) is 0.0625. The van der Waals surface area contributed by atoms with Gasteiger partial charge in [0.1, 0.15) is 5.75 Å². The Bertz CT molecular complexity index is 866. The predicted octanol–water partition coefficient (Wildman–Crippen LogP) is 4.43. The van der Waals surface area contributed by atoms with E-state index in [0.29, 0.717) is 16.5 Å². The Balaban J connectivity index is 1.92. The number of ether oxygens (including phenoxy) is 1. The largest absolute Gasteiger partial charge is 0.573 e. The number of nitrogens with one attached hydrogen (secondary N) is 1. The SMILES string of the molecule is O=C(O)c1c[nH]c2cc(-c3ccc(OC(F)(F)F)cc3)ccc12. The zero-order chi connectivity index (χ0) is 16.6. The van der Waals surface area contributed by atoms with Crippen LogP contribution >= 0.6 is 0 Å². The van der Waals surface area contributed by atoms with Gasteiger partial charge in [-0.2, -0.15) is 0 Å². The average Bonchev–Trinajstić information content (AvgIpc) is 2.89. The van der Waals surface area contributed by atoms with Gasteiger partial charge in [-0.1, -0.05) is 24.3 Å². The van der Waals surface area contributed by atoms with Crippen molar-refractivity contribution in [1.29, 1.82) is 0 Å². The summed E-state index contributed by atoms with van der Waals surface area (Å²) in [5, 5.41) is 9.62. The number of alkyl halides is 3. The molecule has 0 saturated heterocycles. The Morgan fingerprint density at radius 1 is 1.04 bits per heavy atom. The van der Waals surface area contributed by atoms with Crippen LogP contribution in [-0.2, 0) is 0 Å². The first-order valence-corrected chi connectivity index (χ1v) is 6.54. The van der Waals surface area contributed by atoms with Crippen LogP contribution in [0, 0.1) is 0 Å². The number of carboxylic acids is 1. The van der Waals surface area contributed by atoms with Crippen molar-refractivity contribution in [1.82, 2.24) is 4.98 Å². The maximum atomic E-state index is 12.1. The molecule has 2 aromatic carbocycles. The van der Waals surface area contributed by atoms with Gasteiger partial charge in [-0.3, -0.25) is 0 Å². The van der Waals surface area contributed by atoms with Crippen LogP contribution in [-0.4, -0.2) is 22.4 Å². The van der Waals surface area contributed by atoms with Gasteiger partial charge in [0.2, 0.25) is 0 Å². The molecule has 23 heavy (non-hydrogen) atoms. The molecular weight excluding hydrogens is 311 g/mol. The molecule has 0 fully saturated rings. The lowest BCUT2D eigenvalue weighted by atomic mass is 10.0. The minimum atomic E-state index is -4.72. The van der Waals surface area contributed by atoms with Crippen LogP contribution in [0.3, 0.4) is 0 Å². The number of carbonyl (C=O) groups is 1. The van der Waals surface area contributed by atoms with Crippen molar-refractivity contribution in [2.75, 3.05) is 0 Å². The number of benzene rings is 2. The molecule has 0 aliphatic rings. The molecule has 0 unspecified atom stereocenters. The van der Waals surface area contributed by atoms with Gasteiger partial charge in [0.25, 0.3) is 0 Å². The quantitative estimate of drug-likeness (QED) is 0.750. The lowest BCUT2D eigenvalue weighted by molar-refractivity contribution is -0.274. The molecule has 0 bridgehead atoms. The number of fused-ring (bicyclic) bond motifs is 1. The van der Waals surface area contributed by atoms with Crippen molar-refractivity contribution < 1.29 is 27.8 Å². The second-order valence-electron chi connectivity index (χ2n) is 4.84. The molecule has 1 heterocycles. The first-order valence-electron chi connectivity index (χ1n) is 6.54. The molecule has 0 spiro atoms. The normalized spacial score (nSPS) is 11.6. The van der Waals surface area contributed by atoms with Crippen LogP contribution in [0.5, 0.6) is 5.75 Å². The third-order valence-electron chi connectivity index (χ3n) is 3.33. The van der Waals surface area contributed by atoms with Gasteiger partial charge < -0.3 is 14.8 Å². The second-order valence-corrected chi connectivity index (χ2v) is 4.84. The van der Waals surface area contributed by atoms with Crippen molar-refractivity contribution >= 4 is 16.9 Å². The fourth-order valence-corrected chi connectivity index (χ4v) is 2.33. The summed E-state index contributed by atoms with van der Waals surface area (Å²) in [5.74, 6) is -1.33. The number of aromatic nitrogens is 1. The van der Waals surface area contributed by atoms with E-state index in [0.717, 1.165) is 5.56 Å². The molecule has 2 N–H and O–H groups in total. The highest BCUT2D eigenvalue weighted by molar-refractivity contribution is 6.04. The smallest absolute Gasteiger partial charge is 0.478 e. The summed E-state index contributed by atoms with van der Waals surface area (Å²) in [7, 11) is 0. The zero-order valence-electron chi connectivity index (χ0n) is 11.5. The van der Waals surface area contributed by atoms with Crippen molar-refractivity contribution in [3.63, 3.8) is 0 Å². The summed E-state index contributed by atoms with van der Waals surface area (Å²) < 4.78 is 40.2. The van der Waals surface area contributed by atoms with E-state index in [4.69, 9.17) is 5.11 Å². The number of H-pyrrole nitrogens is 1. The van der Waals surface area contributed by atoms with E-state index in [9.17, 15) is 18.0 Å². The molecule has 0 aliphatic heterocycles. The van der Waals surface area contributed by atoms with E-state index < -0.39 is 12.3 Å². The summed E-state index contributed by atoms with van der Waals surface area (Å²) in [6, 6.07) is 10.6. The Morgan fingerprint density at radius 2 is 1.70 bits per heavy atom. The van der Waals surface area contributed by atoms with Crippen LogP contribution < -0.4 is 4.74 Å². The van der Waals surface area contributed by atoms with Crippen LogP contribution in [0.15, 0.2) is 48.7 Å². The highest BCUT2D eigenvalue weighted by Gasteiger charge is 2.30. The van der Waals surface area contributed by atoms with Crippen LogP contribution in [0.2, 0.25) is 0 Å². The predicted molar refractivity (Wildman–Crippen MR) is 77.4 cm³/mol. The molecule has 118 valence electrons. The highest BCUT2D eigenvalue weighted by Crippen LogP contribution is 2.29. The van der Waals surface area contributed by atoms with E-state index in [1.807, 2.05) is 0 Å². The van der Waals surface area contributed by atoms with E-state index >= 15 is 0 Å². The van der Waals surface area contributed by atoms with Crippen molar-refractivity contribution in [3.05, 3.63) is 54.2 Å². The molecule has 0 atom stereocenters. The van der Waals surface area contributed by atoms with Gasteiger partial charge in [0.05, 0.1) is 5.56 Å². The molecule has 7 heteroatoms. The molecule has 0 saturated carbocycles. The molecule has 0 radical (unpaired) electrons. The molecule has 4 nitrogen and oxygen atoms in total. The van der Waals surface area contributed by atoms with Crippen LogP contribution in [0.1, 0.15) is 10.4 Å². The topological polar surface area (TPSA) is 62.3 Å². The average molecular weight is 321 g/mol. The van der Waals surface area contributed by atoms with E-state index in [1.54, 1.807) is 18.2 Å². The summed E-state index contributed by atoms with van der Waals surface area (Å²) in [6.45, 7) is 0. The number of hydrogen-bond acceptors (Lipinski definition) is 2. The number of aromatic amines is 1. The molecule has 0 aliphatic carbocycles. The Labute approximate surface area is 128 Å². The monoisotopic (exact) mass is 321 g/mol. The second kappa shape index (κ2) is 5.35. The van der Waals surface area contributed by atoms with Crippen molar-refractivity contribution in [3.8, 4) is 16.9 Å². The van der Waals surface area contributed by atoms with Gasteiger partial charge in [-0.25, -0.2) is 4.79 Å². The standard InChI is InChI=1S/C16H10F3NO3/c17-16(18,19)23-11-4-1-9(2-5-11)10-3-6-12-13(15(21)22)8-20-14(12)7-10/h1-8,20H,(H,21,22). The first kappa shape index (κ1) is 15.0. The Morgan fingerprint density at radius 3 is 2.30 bits per heavy atom. The lowest BCUT2D eigenvalue weighted by Crippen LogP contribution is -2.16. The zero-order valence-corrected chi connectivity index (χ0v) is 11.5. The van der Waals surface area contributed by atoms with Gasteiger partial charge in [-0.05, 0) is 29.3 Å². The summed E-state index contributed by atoms with van der Waals surface area (Å²) in [6.07, 6.45) is -3.32. The number of aromatic carboxylic acids is 1. The minimum Gasteiger partial charge on any atom is -0.478 e. The van der Waals surface area contributed by atoms with E-state index in [2.05, 4.69) is 9.72 Å². The van der Waals surface area contributed by atoms with Crippen LogP contribution in [0.25, 0.3) is 22.0 Å². The lowest BCUT2D eigenvalue weighted by Gasteiger charge is -2.09. The number of carboxylic acid groups (broad SMARTS) is 1. The third-order valence-corrected chi connectivity index (χ3v) is 3.33. The Kier molecular flexibility index (Phi) is 3.48. The molecular formula is C16H10F3NO3. The first-order chi connectivity index (χ1) is 10.8. The van der Waals surface area contributed by atoms with Gasteiger partial charge in [-0.15, -0.1) is 13.2 Å². The van der Waals surface area contributed by atoms with E-state index in [-0.39, 0.29) is 11.3 Å². The molecule has 3 aromatic rings. The van der Waals surface area contributed by atoms with Gasteiger partial charge in [0, 0.05) is 17.1 Å². The summed E-state index contributed by atoms with van der Waals surface area (Å²) in [4.78, 5) is 13.9. The molecule has 0 amide bonds. The maximum absolute atomic E-state index is 12.1. The fourth-order valence-electron chi connectivity index (χ4n) is 2.33. The van der Waals surface area contributed by atoms with Crippen molar-refractivity contribution in [2.45, 2.75) is 6.36 Å². The molecule has 3 rings (SSSR count). The molecule has 1 aromatic heterocycles. The maximum Gasteiger partial charge on any atom is 0.573 e.